The minimum Gasteiger partial charge on any atom is -0.313 e. The fourth-order valence-electron chi connectivity index (χ4n) is 3.19. The monoisotopic (exact) mass is 225 g/mol. The predicted molar refractivity (Wildman–Crippen MR) is 68.8 cm³/mol. The van der Waals surface area contributed by atoms with Gasteiger partial charge in [-0.2, -0.15) is 0 Å². The molecule has 94 valence electrons. The van der Waals surface area contributed by atoms with Gasteiger partial charge in [0.15, 0.2) is 0 Å². The molecule has 0 radical (unpaired) electrons. The third kappa shape index (κ3) is 2.58. The first-order chi connectivity index (χ1) is 7.62. The SMILES string of the molecule is CN(C[C@H]1CCCN1)CC1(N(C)C)CCC1. The second-order valence-corrected chi connectivity index (χ2v) is 5.96. The van der Waals surface area contributed by atoms with E-state index in [9.17, 15) is 0 Å². The largest absolute Gasteiger partial charge is 0.313 e. The number of rotatable bonds is 5. The lowest BCUT2D eigenvalue weighted by Gasteiger charge is -2.49. The van der Waals surface area contributed by atoms with Crippen molar-refractivity contribution in [1.29, 1.82) is 0 Å². The van der Waals surface area contributed by atoms with Gasteiger partial charge in [-0.1, -0.05) is 0 Å². The molecule has 0 aromatic rings. The number of likely N-dealkylation sites (N-methyl/N-ethyl adjacent to an activating group) is 2. The van der Waals surface area contributed by atoms with Crippen LogP contribution in [-0.4, -0.2) is 62.2 Å². The summed E-state index contributed by atoms with van der Waals surface area (Å²) in [4.78, 5) is 4.97. The van der Waals surface area contributed by atoms with Crippen molar-refractivity contribution in [2.24, 2.45) is 0 Å². The minimum absolute atomic E-state index is 0.480. The van der Waals surface area contributed by atoms with Crippen molar-refractivity contribution in [1.82, 2.24) is 15.1 Å². The molecule has 0 unspecified atom stereocenters. The van der Waals surface area contributed by atoms with Gasteiger partial charge in [0.25, 0.3) is 0 Å². The Balaban J connectivity index is 1.78. The minimum atomic E-state index is 0.480. The van der Waals surface area contributed by atoms with Gasteiger partial charge in [0, 0.05) is 24.7 Å². The Morgan fingerprint density at radius 3 is 2.38 bits per heavy atom. The van der Waals surface area contributed by atoms with Crippen LogP contribution in [0.5, 0.6) is 0 Å². The molecule has 0 aromatic carbocycles. The molecule has 1 aliphatic heterocycles. The first kappa shape index (κ1) is 12.3. The molecule has 1 heterocycles. The van der Waals surface area contributed by atoms with Gasteiger partial charge in [-0.05, 0) is 59.8 Å². The molecule has 1 saturated heterocycles. The fourth-order valence-corrected chi connectivity index (χ4v) is 3.19. The molecule has 3 heteroatoms. The first-order valence-electron chi connectivity index (χ1n) is 6.72. The van der Waals surface area contributed by atoms with Gasteiger partial charge >= 0.3 is 0 Å². The summed E-state index contributed by atoms with van der Waals surface area (Å²) >= 11 is 0. The van der Waals surface area contributed by atoms with Gasteiger partial charge in [-0.15, -0.1) is 0 Å². The summed E-state index contributed by atoms with van der Waals surface area (Å²) in [6.07, 6.45) is 6.88. The molecular weight excluding hydrogens is 198 g/mol. The molecule has 0 amide bonds. The second kappa shape index (κ2) is 5.03. The Morgan fingerprint density at radius 2 is 1.94 bits per heavy atom. The van der Waals surface area contributed by atoms with Crippen LogP contribution < -0.4 is 5.32 Å². The fraction of sp³-hybridized carbons (Fsp3) is 1.00. The van der Waals surface area contributed by atoms with Gasteiger partial charge in [0.2, 0.25) is 0 Å². The third-order valence-corrected chi connectivity index (χ3v) is 4.49. The maximum absolute atomic E-state index is 3.58. The van der Waals surface area contributed by atoms with Crippen LogP contribution in [-0.2, 0) is 0 Å². The van der Waals surface area contributed by atoms with E-state index in [4.69, 9.17) is 0 Å². The van der Waals surface area contributed by atoms with E-state index in [0.717, 1.165) is 6.04 Å². The van der Waals surface area contributed by atoms with Crippen molar-refractivity contribution in [3.8, 4) is 0 Å². The summed E-state index contributed by atoms with van der Waals surface area (Å²) < 4.78 is 0. The number of hydrogen-bond donors (Lipinski definition) is 1. The first-order valence-corrected chi connectivity index (χ1v) is 6.72. The topological polar surface area (TPSA) is 18.5 Å². The van der Waals surface area contributed by atoms with E-state index in [1.807, 2.05) is 0 Å². The number of nitrogens with zero attached hydrogens (tertiary/aromatic N) is 2. The Labute approximate surface area is 100 Å². The predicted octanol–water partition coefficient (Wildman–Crippen LogP) is 1.15. The molecule has 2 fully saturated rings. The summed E-state index contributed by atoms with van der Waals surface area (Å²) in [5, 5.41) is 3.58. The lowest BCUT2D eigenvalue weighted by atomic mass is 9.75. The molecule has 3 nitrogen and oxygen atoms in total. The highest BCUT2D eigenvalue weighted by Gasteiger charge is 2.39. The molecular formula is C13H27N3. The Kier molecular flexibility index (Phi) is 3.88. The normalized spacial score (nSPS) is 28.7. The quantitative estimate of drug-likeness (QED) is 0.757. The summed E-state index contributed by atoms with van der Waals surface area (Å²) in [7, 11) is 6.76. The molecule has 1 atom stereocenters. The van der Waals surface area contributed by atoms with E-state index in [1.165, 1.54) is 51.7 Å². The average molecular weight is 225 g/mol. The van der Waals surface area contributed by atoms with Crippen LogP contribution in [0.2, 0.25) is 0 Å². The molecule has 0 aromatic heterocycles. The maximum atomic E-state index is 3.58. The zero-order chi connectivity index (χ0) is 11.6. The molecule has 0 spiro atoms. The Morgan fingerprint density at radius 1 is 1.19 bits per heavy atom. The highest BCUT2D eigenvalue weighted by Crippen LogP contribution is 2.36. The Bertz CT molecular complexity index is 217. The van der Waals surface area contributed by atoms with Crippen molar-refractivity contribution in [2.75, 3.05) is 40.8 Å². The van der Waals surface area contributed by atoms with Crippen molar-refractivity contribution >= 4 is 0 Å². The van der Waals surface area contributed by atoms with Crippen LogP contribution in [0.1, 0.15) is 32.1 Å². The van der Waals surface area contributed by atoms with Crippen LogP contribution in [0, 0.1) is 0 Å². The van der Waals surface area contributed by atoms with E-state index < -0.39 is 0 Å². The summed E-state index contributed by atoms with van der Waals surface area (Å²) in [5.74, 6) is 0. The van der Waals surface area contributed by atoms with Crippen LogP contribution in [0.4, 0.5) is 0 Å². The Hall–Kier alpha value is -0.120. The molecule has 1 aliphatic carbocycles. The van der Waals surface area contributed by atoms with Gasteiger partial charge in [0.05, 0.1) is 0 Å². The zero-order valence-electron chi connectivity index (χ0n) is 11.1. The third-order valence-electron chi connectivity index (χ3n) is 4.49. The van der Waals surface area contributed by atoms with E-state index in [1.54, 1.807) is 0 Å². The molecule has 2 rings (SSSR count). The number of nitrogens with one attached hydrogen (secondary N) is 1. The average Bonchev–Trinajstić information content (AvgIpc) is 2.63. The molecule has 2 aliphatic rings. The lowest BCUT2D eigenvalue weighted by Crippen LogP contribution is -2.57. The smallest absolute Gasteiger partial charge is 0.0330 e. The van der Waals surface area contributed by atoms with Gasteiger partial charge in [-0.25, -0.2) is 0 Å². The molecule has 0 bridgehead atoms. The number of hydrogen-bond acceptors (Lipinski definition) is 3. The van der Waals surface area contributed by atoms with Gasteiger partial charge < -0.3 is 15.1 Å². The maximum Gasteiger partial charge on any atom is 0.0330 e. The van der Waals surface area contributed by atoms with E-state index in [0.29, 0.717) is 5.54 Å². The highest BCUT2D eigenvalue weighted by atomic mass is 15.2. The standard InChI is InChI=1S/C13H27N3/c1-15(2)13(7-5-8-13)11-16(3)10-12-6-4-9-14-12/h12,14H,4-11H2,1-3H3/t12-/m1/s1. The van der Waals surface area contributed by atoms with Gasteiger partial charge in [-0.3, -0.25) is 0 Å². The highest BCUT2D eigenvalue weighted by molar-refractivity contribution is 4.98. The van der Waals surface area contributed by atoms with E-state index in [-0.39, 0.29) is 0 Å². The van der Waals surface area contributed by atoms with Crippen LogP contribution >= 0.6 is 0 Å². The molecule has 1 N–H and O–H groups in total. The van der Waals surface area contributed by atoms with Crippen LogP contribution in [0.25, 0.3) is 0 Å². The molecule has 16 heavy (non-hydrogen) atoms. The van der Waals surface area contributed by atoms with Crippen molar-refractivity contribution in [3.63, 3.8) is 0 Å². The summed E-state index contributed by atoms with van der Waals surface area (Å²) in [6, 6.07) is 0.740. The van der Waals surface area contributed by atoms with E-state index >= 15 is 0 Å². The summed E-state index contributed by atoms with van der Waals surface area (Å²) in [5.41, 5.74) is 0.480. The van der Waals surface area contributed by atoms with Crippen LogP contribution in [0.15, 0.2) is 0 Å². The molecule has 1 saturated carbocycles. The van der Waals surface area contributed by atoms with E-state index in [2.05, 4.69) is 36.3 Å². The zero-order valence-corrected chi connectivity index (χ0v) is 11.1. The second-order valence-electron chi connectivity index (χ2n) is 5.96. The van der Waals surface area contributed by atoms with Crippen molar-refractivity contribution in [3.05, 3.63) is 0 Å². The van der Waals surface area contributed by atoms with Crippen LogP contribution in [0.3, 0.4) is 0 Å². The van der Waals surface area contributed by atoms with Crippen molar-refractivity contribution < 1.29 is 0 Å². The lowest BCUT2D eigenvalue weighted by molar-refractivity contribution is 0.0261. The van der Waals surface area contributed by atoms with Crippen molar-refractivity contribution in [2.45, 2.75) is 43.7 Å². The summed E-state index contributed by atoms with van der Waals surface area (Å²) in [6.45, 7) is 3.67. The van der Waals surface area contributed by atoms with Gasteiger partial charge in [0.1, 0.15) is 0 Å².